The first-order chi connectivity index (χ1) is 13.5. The highest BCUT2D eigenvalue weighted by molar-refractivity contribution is 7.98. The Morgan fingerprint density at radius 2 is 1.79 bits per heavy atom. The van der Waals surface area contributed by atoms with Crippen molar-refractivity contribution < 1.29 is 19.1 Å². The predicted molar refractivity (Wildman–Crippen MR) is 110 cm³/mol. The van der Waals surface area contributed by atoms with Crippen LogP contribution in [0.5, 0.6) is 5.75 Å². The molecule has 0 bridgehead atoms. The Labute approximate surface area is 167 Å². The summed E-state index contributed by atoms with van der Waals surface area (Å²) in [7, 11) is 1.50. The summed E-state index contributed by atoms with van der Waals surface area (Å²) in [5.41, 5.74) is 1.61. The standard InChI is InChI=1S/C20H21N3O4S/c1-27-17-12-14(8-9-16(17)23-10-4-7-18(23)24)22-20(26)19(25)21-13-5-3-6-15(11-13)28-2/h3,5-6,8-9,11-12H,4,7,10H2,1-2H3,(H,21,25)(H,22,26). The van der Waals surface area contributed by atoms with E-state index >= 15 is 0 Å². The number of rotatable bonds is 5. The van der Waals surface area contributed by atoms with Gasteiger partial charge in [0.2, 0.25) is 5.91 Å². The van der Waals surface area contributed by atoms with E-state index in [9.17, 15) is 14.4 Å². The van der Waals surface area contributed by atoms with Crippen molar-refractivity contribution in [3.8, 4) is 5.75 Å². The smallest absolute Gasteiger partial charge is 0.314 e. The molecule has 28 heavy (non-hydrogen) atoms. The maximum absolute atomic E-state index is 12.2. The molecule has 1 fully saturated rings. The summed E-state index contributed by atoms with van der Waals surface area (Å²) in [6, 6.07) is 12.2. The molecule has 0 unspecified atom stereocenters. The number of thioether (sulfide) groups is 1. The fourth-order valence-corrected chi connectivity index (χ4v) is 3.42. The number of hydrogen-bond donors (Lipinski definition) is 2. The number of hydrogen-bond acceptors (Lipinski definition) is 5. The van der Waals surface area contributed by atoms with Crippen molar-refractivity contribution in [1.82, 2.24) is 0 Å². The van der Waals surface area contributed by atoms with Crippen LogP contribution < -0.4 is 20.3 Å². The van der Waals surface area contributed by atoms with Crippen LogP contribution in [0.4, 0.5) is 17.1 Å². The van der Waals surface area contributed by atoms with Gasteiger partial charge in [0.15, 0.2) is 0 Å². The molecule has 2 N–H and O–H groups in total. The molecule has 0 aliphatic carbocycles. The second-order valence-electron chi connectivity index (χ2n) is 6.18. The second kappa shape index (κ2) is 8.79. The molecule has 7 nitrogen and oxygen atoms in total. The summed E-state index contributed by atoms with van der Waals surface area (Å²) >= 11 is 1.54. The third-order valence-corrected chi connectivity index (χ3v) is 5.06. The number of nitrogens with zero attached hydrogens (tertiary/aromatic N) is 1. The zero-order valence-corrected chi connectivity index (χ0v) is 16.5. The molecule has 3 rings (SSSR count). The minimum Gasteiger partial charge on any atom is -0.494 e. The van der Waals surface area contributed by atoms with Crippen LogP contribution in [0.2, 0.25) is 0 Å². The Morgan fingerprint density at radius 1 is 1.07 bits per heavy atom. The largest absolute Gasteiger partial charge is 0.494 e. The monoisotopic (exact) mass is 399 g/mol. The minimum absolute atomic E-state index is 0.0435. The number of benzene rings is 2. The lowest BCUT2D eigenvalue weighted by atomic mass is 10.2. The van der Waals surface area contributed by atoms with E-state index in [0.29, 0.717) is 35.8 Å². The van der Waals surface area contributed by atoms with Gasteiger partial charge < -0.3 is 20.3 Å². The van der Waals surface area contributed by atoms with Crippen LogP contribution in [-0.4, -0.2) is 37.6 Å². The van der Waals surface area contributed by atoms with E-state index in [4.69, 9.17) is 4.74 Å². The molecular formula is C20H21N3O4S. The summed E-state index contributed by atoms with van der Waals surface area (Å²) in [6.07, 6.45) is 3.25. The van der Waals surface area contributed by atoms with Gasteiger partial charge in [-0.15, -0.1) is 11.8 Å². The van der Waals surface area contributed by atoms with Crippen LogP contribution in [0.25, 0.3) is 0 Å². The highest BCUT2D eigenvalue weighted by atomic mass is 32.2. The number of nitrogens with one attached hydrogen (secondary N) is 2. The molecule has 2 aromatic rings. The highest BCUT2D eigenvalue weighted by Crippen LogP contribution is 2.33. The molecule has 0 radical (unpaired) electrons. The molecule has 3 amide bonds. The Morgan fingerprint density at radius 3 is 2.39 bits per heavy atom. The van der Waals surface area contributed by atoms with Crippen LogP contribution in [0.3, 0.4) is 0 Å². The first kappa shape index (κ1) is 19.8. The van der Waals surface area contributed by atoms with Gasteiger partial charge in [0, 0.05) is 35.3 Å². The Bertz CT molecular complexity index is 916. The Kier molecular flexibility index (Phi) is 6.20. The van der Waals surface area contributed by atoms with Gasteiger partial charge in [-0.3, -0.25) is 14.4 Å². The zero-order chi connectivity index (χ0) is 20.1. The van der Waals surface area contributed by atoms with Gasteiger partial charge in [0.25, 0.3) is 0 Å². The van der Waals surface area contributed by atoms with E-state index in [0.717, 1.165) is 11.3 Å². The lowest BCUT2D eigenvalue weighted by Crippen LogP contribution is -2.29. The van der Waals surface area contributed by atoms with E-state index in [1.165, 1.54) is 7.11 Å². The fraction of sp³-hybridized carbons (Fsp3) is 0.250. The Balaban J connectivity index is 1.69. The third kappa shape index (κ3) is 4.45. The van der Waals surface area contributed by atoms with E-state index in [1.54, 1.807) is 47.0 Å². The molecule has 1 aliphatic rings. The molecule has 1 aliphatic heterocycles. The van der Waals surface area contributed by atoms with Crippen molar-refractivity contribution in [3.63, 3.8) is 0 Å². The zero-order valence-electron chi connectivity index (χ0n) is 15.7. The van der Waals surface area contributed by atoms with E-state index in [2.05, 4.69) is 10.6 Å². The number of carbonyl (C=O) groups excluding carboxylic acids is 3. The number of ether oxygens (including phenoxy) is 1. The molecule has 0 aromatic heterocycles. The first-order valence-corrected chi connectivity index (χ1v) is 9.99. The molecule has 2 aromatic carbocycles. The lowest BCUT2D eigenvalue weighted by molar-refractivity contribution is -0.133. The van der Waals surface area contributed by atoms with Crippen LogP contribution in [0, 0.1) is 0 Å². The Hall–Kier alpha value is -3.00. The van der Waals surface area contributed by atoms with Crippen LogP contribution in [0.15, 0.2) is 47.4 Å². The minimum atomic E-state index is -0.790. The van der Waals surface area contributed by atoms with Gasteiger partial charge in [-0.25, -0.2) is 0 Å². The van der Waals surface area contributed by atoms with Crippen LogP contribution in [-0.2, 0) is 14.4 Å². The van der Waals surface area contributed by atoms with Crippen molar-refractivity contribution in [2.24, 2.45) is 0 Å². The highest BCUT2D eigenvalue weighted by Gasteiger charge is 2.25. The lowest BCUT2D eigenvalue weighted by Gasteiger charge is -2.19. The number of methoxy groups -OCH3 is 1. The van der Waals surface area contributed by atoms with Crippen molar-refractivity contribution >= 4 is 46.5 Å². The number of anilines is 3. The third-order valence-electron chi connectivity index (χ3n) is 4.34. The quantitative estimate of drug-likeness (QED) is 0.596. The maximum atomic E-state index is 12.2. The topological polar surface area (TPSA) is 87.7 Å². The van der Waals surface area contributed by atoms with Gasteiger partial charge in [-0.1, -0.05) is 6.07 Å². The molecule has 0 spiro atoms. The number of carbonyl (C=O) groups is 3. The SMILES string of the molecule is COc1cc(NC(=O)C(=O)Nc2cccc(SC)c2)ccc1N1CCCC1=O. The fourth-order valence-electron chi connectivity index (χ4n) is 2.96. The van der Waals surface area contributed by atoms with Crippen molar-refractivity contribution in [3.05, 3.63) is 42.5 Å². The molecule has 1 heterocycles. The summed E-state index contributed by atoms with van der Waals surface area (Å²) in [4.78, 5) is 39.0. The molecular weight excluding hydrogens is 378 g/mol. The molecule has 0 saturated carbocycles. The van der Waals surface area contributed by atoms with Gasteiger partial charge in [-0.2, -0.15) is 0 Å². The predicted octanol–water partition coefficient (Wildman–Crippen LogP) is 3.12. The molecule has 8 heteroatoms. The summed E-state index contributed by atoms with van der Waals surface area (Å²) in [5, 5.41) is 5.13. The van der Waals surface area contributed by atoms with Crippen molar-refractivity contribution in [2.45, 2.75) is 17.7 Å². The normalized spacial score (nSPS) is 13.4. The average molecular weight is 399 g/mol. The number of amides is 3. The molecule has 146 valence electrons. The molecule has 0 atom stereocenters. The van der Waals surface area contributed by atoms with E-state index in [-0.39, 0.29) is 5.91 Å². The van der Waals surface area contributed by atoms with Crippen molar-refractivity contribution in [1.29, 1.82) is 0 Å². The summed E-state index contributed by atoms with van der Waals surface area (Å²) in [6.45, 7) is 0.637. The van der Waals surface area contributed by atoms with Gasteiger partial charge in [-0.05, 0) is 43.0 Å². The van der Waals surface area contributed by atoms with Crippen molar-refractivity contribution in [2.75, 3.05) is 35.4 Å². The second-order valence-corrected chi connectivity index (χ2v) is 7.06. The van der Waals surface area contributed by atoms with Gasteiger partial charge >= 0.3 is 11.8 Å². The molecule has 1 saturated heterocycles. The van der Waals surface area contributed by atoms with Gasteiger partial charge in [0.1, 0.15) is 5.75 Å². The summed E-state index contributed by atoms with van der Waals surface area (Å²) in [5.74, 6) is -1.05. The van der Waals surface area contributed by atoms with E-state index in [1.807, 2.05) is 18.4 Å². The van der Waals surface area contributed by atoms with Gasteiger partial charge in [0.05, 0.1) is 12.8 Å². The van der Waals surface area contributed by atoms with Crippen LogP contribution in [0.1, 0.15) is 12.8 Å². The van der Waals surface area contributed by atoms with Crippen LogP contribution >= 0.6 is 11.8 Å². The maximum Gasteiger partial charge on any atom is 0.314 e. The summed E-state index contributed by atoms with van der Waals surface area (Å²) < 4.78 is 5.36. The first-order valence-electron chi connectivity index (χ1n) is 8.76. The average Bonchev–Trinajstić information content (AvgIpc) is 3.13. The van der Waals surface area contributed by atoms with E-state index < -0.39 is 11.8 Å².